The number of methoxy groups -OCH3 is 1. The van der Waals surface area contributed by atoms with Crippen LogP contribution in [0.25, 0.3) is 11.8 Å². The highest BCUT2D eigenvalue weighted by molar-refractivity contribution is 5.90. The molecule has 1 saturated carbocycles. The number of esters is 1. The summed E-state index contributed by atoms with van der Waals surface area (Å²) in [6.45, 7) is 5.38. The lowest BCUT2D eigenvalue weighted by Gasteiger charge is -2.51. The van der Waals surface area contributed by atoms with E-state index in [-0.39, 0.29) is 30.9 Å². The third-order valence-corrected chi connectivity index (χ3v) is 10.3. The number of aliphatic carboxylic acids is 1. The van der Waals surface area contributed by atoms with Crippen LogP contribution in [0.15, 0.2) is 30.4 Å². The molecular weight excluding hydrogens is 598 g/mol. The lowest BCUT2D eigenvalue weighted by Crippen LogP contribution is -2.69. The maximum absolute atomic E-state index is 12.4. The number of hydrogen-bond acceptors (Lipinski definition) is 10. The molecule has 254 valence electrons. The number of carbonyl (C=O) groups excluding carboxylic acids is 1. The van der Waals surface area contributed by atoms with Gasteiger partial charge in [0.15, 0.2) is 11.9 Å². The number of nitrogens with one attached hydrogen (secondary N) is 1. The Bertz CT molecular complexity index is 1420. The molecule has 12 heteroatoms. The molecule has 0 aromatic carbocycles. The fourth-order valence-electron chi connectivity index (χ4n) is 7.74. The number of carbonyl (C=O) groups is 2. The minimum absolute atomic E-state index is 0.0765. The third kappa shape index (κ3) is 6.43. The van der Waals surface area contributed by atoms with Crippen molar-refractivity contribution in [2.24, 2.45) is 17.8 Å². The van der Waals surface area contributed by atoms with Gasteiger partial charge in [0.2, 0.25) is 0 Å². The van der Waals surface area contributed by atoms with E-state index in [1.165, 1.54) is 26.0 Å². The second-order valence-corrected chi connectivity index (χ2v) is 12.9. The third-order valence-electron chi connectivity index (χ3n) is 10.3. The van der Waals surface area contributed by atoms with E-state index in [9.17, 15) is 35.1 Å². The average molecular weight is 646 g/mol. The maximum Gasteiger partial charge on any atom is 0.333 e. The maximum atomic E-state index is 12.4. The molecule has 1 aromatic heterocycles. The van der Waals surface area contributed by atoms with Crippen LogP contribution in [0, 0.1) is 17.8 Å². The van der Waals surface area contributed by atoms with Gasteiger partial charge in [0.25, 0.3) is 0 Å². The van der Waals surface area contributed by atoms with Crippen LogP contribution in [0.2, 0.25) is 0 Å². The van der Waals surface area contributed by atoms with Crippen LogP contribution in [0.5, 0.6) is 0 Å². The van der Waals surface area contributed by atoms with Crippen molar-refractivity contribution in [3.8, 4) is 0 Å². The van der Waals surface area contributed by atoms with Crippen LogP contribution in [-0.4, -0.2) is 99.1 Å². The molecule has 1 spiro atoms. The number of aromatic nitrogens is 1. The highest BCUT2D eigenvalue weighted by Gasteiger charge is 2.58. The van der Waals surface area contributed by atoms with E-state index in [1.54, 1.807) is 12.2 Å². The van der Waals surface area contributed by atoms with E-state index in [1.807, 2.05) is 6.07 Å². The number of aliphatic hydroxyl groups excluding tert-OH is 4. The molecule has 0 amide bonds. The predicted octanol–water partition coefficient (Wildman–Crippen LogP) is 0.959. The summed E-state index contributed by atoms with van der Waals surface area (Å²) in [4.78, 5) is 27.7. The van der Waals surface area contributed by atoms with Crippen molar-refractivity contribution in [2.75, 3.05) is 20.3 Å². The van der Waals surface area contributed by atoms with Crippen molar-refractivity contribution in [3.05, 3.63) is 46.6 Å². The largest absolute Gasteiger partial charge is 0.481 e. The minimum Gasteiger partial charge on any atom is -0.481 e. The molecule has 2 aliphatic heterocycles. The number of carboxylic acid groups (broad SMARTS) is 1. The van der Waals surface area contributed by atoms with E-state index in [2.05, 4.69) is 18.5 Å². The minimum atomic E-state index is -1.67. The summed E-state index contributed by atoms with van der Waals surface area (Å²) in [6, 6.07) is 2.03. The lowest BCUT2D eigenvalue weighted by atomic mass is 9.74. The molecule has 46 heavy (non-hydrogen) atoms. The number of ether oxygens (including phenoxy) is 4. The van der Waals surface area contributed by atoms with Gasteiger partial charge in [-0.1, -0.05) is 31.9 Å². The van der Waals surface area contributed by atoms with Gasteiger partial charge in [-0.15, -0.1) is 6.58 Å². The Labute approximate surface area is 268 Å². The van der Waals surface area contributed by atoms with E-state index in [4.69, 9.17) is 18.9 Å². The first-order valence-corrected chi connectivity index (χ1v) is 16.2. The van der Waals surface area contributed by atoms with Crippen LogP contribution in [-0.2, 0) is 28.5 Å². The van der Waals surface area contributed by atoms with Gasteiger partial charge in [0.05, 0.1) is 31.6 Å². The highest BCUT2D eigenvalue weighted by atomic mass is 16.7. The molecule has 2 fully saturated rings. The first kappa shape index (κ1) is 34.3. The Balaban J connectivity index is 1.45. The van der Waals surface area contributed by atoms with Crippen LogP contribution >= 0.6 is 0 Å². The van der Waals surface area contributed by atoms with Crippen molar-refractivity contribution in [2.45, 2.75) is 101 Å². The summed E-state index contributed by atoms with van der Waals surface area (Å²) in [5.41, 5.74) is -0.435. The molecule has 5 rings (SSSR count). The normalized spacial score (nSPS) is 33.5. The second-order valence-electron chi connectivity index (χ2n) is 12.9. The Morgan fingerprint density at radius 3 is 2.61 bits per heavy atom. The highest BCUT2D eigenvalue weighted by Crippen LogP contribution is 2.42. The average Bonchev–Trinajstić information content (AvgIpc) is 3.74. The Kier molecular flexibility index (Phi) is 10.8. The summed E-state index contributed by atoms with van der Waals surface area (Å²) in [5.74, 6) is -1.93. The van der Waals surface area contributed by atoms with Gasteiger partial charge in [-0.05, 0) is 49.7 Å². The van der Waals surface area contributed by atoms with Crippen molar-refractivity contribution in [1.29, 1.82) is 0 Å². The van der Waals surface area contributed by atoms with Gasteiger partial charge in [-0.3, -0.25) is 4.79 Å². The number of H-pyrrole nitrogens is 1. The number of carboxylic acids is 1. The second kappa shape index (κ2) is 14.4. The molecule has 1 saturated heterocycles. The number of hydrogen-bond donors (Lipinski definition) is 6. The van der Waals surface area contributed by atoms with E-state index < -0.39 is 66.7 Å². The Morgan fingerprint density at radius 1 is 1.24 bits per heavy atom. The van der Waals surface area contributed by atoms with E-state index in [0.29, 0.717) is 24.5 Å². The summed E-state index contributed by atoms with van der Waals surface area (Å²) < 4.78 is 23.7. The van der Waals surface area contributed by atoms with Crippen molar-refractivity contribution in [3.63, 3.8) is 0 Å². The Morgan fingerprint density at radius 2 is 1.98 bits per heavy atom. The predicted molar refractivity (Wildman–Crippen MR) is 165 cm³/mol. The smallest absolute Gasteiger partial charge is 0.333 e. The van der Waals surface area contributed by atoms with Crippen LogP contribution in [0.4, 0.5) is 0 Å². The van der Waals surface area contributed by atoms with Gasteiger partial charge in [0.1, 0.15) is 24.1 Å². The molecule has 9 atom stereocenters. The summed E-state index contributed by atoms with van der Waals surface area (Å²) in [6.07, 6.45) is 3.42. The van der Waals surface area contributed by atoms with Crippen LogP contribution in [0.3, 0.4) is 0 Å². The standard InChI is InChI=1S/C34H47NO11/c1-4-21-23(15-28(38)39)22(32(42)43-3)11-12-25(21)44-33-30(40)31(41)34(27(17-37)45-33)16-20-14-24(18(2)19-8-5-6-9-19)35-29(20)26(46-34)10-7-13-36/h4,11,14,16,18-19,21,23,25,27,30-31,33,35-37,40-41H,1,5-10,12-13,15,17H2,2-3H3,(H,38,39)/t18-,21-,23+,25-,27-,30-,31-,33-,34-/m1/s1. The number of aliphatic hydroxyl groups is 4. The fourth-order valence-corrected chi connectivity index (χ4v) is 7.74. The van der Waals surface area contributed by atoms with Gasteiger partial charge in [0, 0.05) is 41.3 Å². The van der Waals surface area contributed by atoms with Crippen molar-refractivity contribution >= 4 is 23.8 Å². The van der Waals surface area contributed by atoms with Gasteiger partial charge >= 0.3 is 11.9 Å². The molecule has 6 N–H and O–H groups in total. The van der Waals surface area contributed by atoms with Crippen LogP contribution < -0.4 is 10.6 Å². The van der Waals surface area contributed by atoms with E-state index >= 15 is 0 Å². The number of fused-ring (bicyclic) bond motifs is 1. The molecular formula is C34H47NO11. The first-order chi connectivity index (χ1) is 22.1. The zero-order valence-corrected chi connectivity index (χ0v) is 26.5. The first-order valence-electron chi connectivity index (χ1n) is 16.2. The van der Waals surface area contributed by atoms with Crippen molar-refractivity contribution < 1.29 is 54.1 Å². The van der Waals surface area contributed by atoms with Gasteiger partial charge in [-0.25, -0.2) is 4.79 Å². The van der Waals surface area contributed by atoms with Crippen molar-refractivity contribution in [1.82, 2.24) is 4.98 Å². The van der Waals surface area contributed by atoms with Gasteiger partial charge in [-0.2, -0.15) is 0 Å². The zero-order chi connectivity index (χ0) is 33.2. The summed E-state index contributed by atoms with van der Waals surface area (Å²) in [5, 5.41) is 54.4. The molecule has 0 bridgehead atoms. The monoisotopic (exact) mass is 645 g/mol. The quantitative estimate of drug-likeness (QED) is 0.140. The SMILES string of the molecule is C=C[C@@H]1[C@H](CC(=O)O)C(C(=O)OC)=CC[C@H]1O[C@@H]1O[C@H](CO)[C@]2(C=c3cc([C@H](C)C4CCCC4)[nH]c3=C(CCCO)O2)[C@H](O)[C@H]1O. The lowest BCUT2D eigenvalue weighted by molar-refractivity contribution is -0.328. The Hall–Kier alpha value is -3.00. The van der Waals surface area contributed by atoms with Gasteiger partial charge < -0.3 is 49.5 Å². The molecule has 1 aromatic rings. The van der Waals surface area contributed by atoms with Crippen LogP contribution in [0.1, 0.15) is 69.9 Å². The number of aromatic amines is 1. The molecule has 12 nitrogen and oxygen atoms in total. The number of rotatable bonds is 12. The summed E-state index contributed by atoms with van der Waals surface area (Å²) in [7, 11) is 1.22. The molecule has 0 unspecified atom stereocenters. The molecule has 3 heterocycles. The zero-order valence-electron chi connectivity index (χ0n) is 26.5. The van der Waals surface area contributed by atoms with E-state index in [0.717, 1.165) is 29.1 Å². The molecule has 2 aliphatic carbocycles. The fraction of sp³-hybridized carbons (Fsp3) is 0.647. The summed E-state index contributed by atoms with van der Waals surface area (Å²) >= 11 is 0. The molecule has 4 aliphatic rings. The molecule has 0 radical (unpaired) electrons. The topological polar surface area (TPSA) is 188 Å².